The van der Waals surface area contributed by atoms with Crippen LogP contribution in [-0.2, 0) is 6.61 Å². The summed E-state index contributed by atoms with van der Waals surface area (Å²) in [5.74, 6) is 2.57. The van der Waals surface area contributed by atoms with Crippen molar-refractivity contribution in [1.82, 2.24) is 0 Å². The van der Waals surface area contributed by atoms with E-state index in [0.29, 0.717) is 23.9 Å². The van der Waals surface area contributed by atoms with E-state index in [2.05, 4.69) is 31.2 Å². The molecule has 0 saturated heterocycles. The van der Waals surface area contributed by atoms with Gasteiger partial charge in [-0.25, -0.2) is 0 Å². The molecule has 0 amide bonds. The van der Waals surface area contributed by atoms with E-state index in [0.717, 1.165) is 17.2 Å². The monoisotopic (exact) mass is 366 g/mol. The Morgan fingerprint density at radius 3 is 2.33 bits per heavy atom. The first kappa shape index (κ1) is 19.6. The van der Waals surface area contributed by atoms with Gasteiger partial charge in [0.2, 0.25) is 0 Å². The molecule has 1 saturated carbocycles. The van der Waals surface area contributed by atoms with Crippen LogP contribution in [0.15, 0.2) is 42.5 Å². The van der Waals surface area contributed by atoms with Crippen molar-refractivity contribution in [2.45, 2.75) is 70.8 Å². The molecule has 0 radical (unpaired) electrons. The number of rotatable bonds is 8. The second-order valence-corrected chi connectivity index (χ2v) is 8.03. The molecule has 0 heterocycles. The van der Waals surface area contributed by atoms with Crippen LogP contribution in [-0.4, -0.2) is 0 Å². The molecule has 0 spiro atoms. The van der Waals surface area contributed by atoms with Crippen LogP contribution in [0.3, 0.4) is 0 Å². The fraction of sp³-hybridized carbons (Fsp3) is 0.500. The number of nitrogens with two attached hydrogens (primary N) is 2. The molecule has 1 aliphatic carbocycles. The third kappa shape index (κ3) is 5.66. The van der Waals surface area contributed by atoms with Crippen molar-refractivity contribution in [2.75, 3.05) is 11.5 Å². The predicted octanol–water partition coefficient (Wildman–Crippen LogP) is 6.28. The zero-order chi connectivity index (χ0) is 19.1. The van der Waals surface area contributed by atoms with E-state index in [1.807, 2.05) is 12.1 Å². The molecule has 27 heavy (non-hydrogen) atoms. The lowest BCUT2D eigenvalue weighted by Gasteiger charge is -2.29. The summed E-state index contributed by atoms with van der Waals surface area (Å²) in [5.41, 5.74) is 15.5. The minimum Gasteiger partial charge on any atom is -0.489 e. The average Bonchev–Trinajstić information content (AvgIpc) is 2.69. The third-order valence-electron chi connectivity index (χ3n) is 5.98. The van der Waals surface area contributed by atoms with Gasteiger partial charge in [0.05, 0.1) is 0 Å². The van der Waals surface area contributed by atoms with Crippen molar-refractivity contribution in [3.63, 3.8) is 0 Å². The smallest absolute Gasteiger partial charge is 0.119 e. The molecule has 2 aromatic carbocycles. The number of anilines is 2. The van der Waals surface area contributed by atoms with E-state index in [1.165, 1.54) is 56.9 Å². The van der Waals surface area contributed by atoms with Crippen molar-refractivity contribution < 1.29 is 4.74 Å². The van der Waals surface area contributed by atoms with Crippen LogP contribution in [0.2, 0.25) is 0 Å². The van der Waals surface area contributed by atoms with Gasteiger partial charge < -0.3 is 16.2 Å². The Kier molecular flexibility index (Phi) is 7.03. The number of hydrogen-bond donors (Lipinski definition) is 2. The highest BCUT2D eigenvalue weighted by Gasteiger charge is 2.22. The van der Waals surface area contributed by atoms with Gasteiger partial charge in [0.1, 0.15) is 12.4 Å². The van der Waals surface area contributed by atoms with Gasteiger partial charge in [-0.05, 0) is 67.3 Å². The van der Waals surface area contributed by atoms with E-state index < -0.39 is 0 Å². The minimum atomic E-state index is 0.467. The lowest BCUT2D eigenvalue weighted by atomic mass is 9.77. The number of ether oxygens (including phenoxy) is 1. The Hall–Kier alpha value is -2.16. The number of benzene rings is 2. The topological polar surface area (TPSA) is 61.3 Å². The molecule has 4 N–H and O–H groups in total. The zero-order valence-corrected chi connectivity index (χ0v) is 16.6. The third-order valence-corrected chi connectivity index (χ3v) is 5.98. The normalized spacial score (nSPS) is 19.7. The Bertz CT molecular complexity index is 703. The molecule has 1 fully saturated rings. The molecule has 146 valence electrons. The van der Waals surface area contributed by atoms with E-state index in [4.69, 9.17) is 16.2 Å². The van der Waals surface area contributed by atoms with Gasteiger partial charge in [0, 0.05) is 16.9 Å². The summed E-state index contributed by atoms with van der Waals surface area (Å²) in [6, 6.07) is 14.2. The van der Waals surface area contributed by atoms with E-state index in [-0.39, 0.29) is 0 Å². The van der Waals surface area contributed by atoms with Crippen LogP contribution < -0.4 is 16.2 Å². The quantitative estimate of drug-likeness (QED) is 0.426. The Balaban J connectivity index is 1.47. The van der Waals surface area contributed by atoms with Crippen LogP contribution >= 0.6 is 0 Å². The fourth-order valence-corrected chi connectivity index (χ4v) is 4.21. The zero-order valence-electron chi connectivity index (χ0n) is 16.6. The summed E-state index contributed by atoms with van der Waals surface area (Å²) in [6.45, 7) is 2.75. The Morgan fingerprint density at radius 1 is 0.926 bits per heavy atom. The summed E-state index contributed by atoms with van der Waals surface area (Å²) in [7, 11) is 0. The van der Waals surface area contributed by atoms with Crippen LogP contribution in [0.25, 0.3) is 0 Å². The first-order valence-corrected chi connectivity index (χ1v) is 10.5. The van der Waals surface area contributed by atoms with Crippen molar-refractivity contribution in [2.24, 2.45) is 5.92 Å². The molecule has 3 rings (SSSR count). The lowest BCUT2D eigenvalue weighted by molar-refractivity contribution is 0.300. The largest absolute Gasteiger partial charge is 0.489 e. The summed E-state index contributed by atoms with van der Waals surface area (Å²) in [5, 5.41) is 0. The first-order valence-electron chi connectivity index (χ1n) is 10.5. The van der Waals surface area contributed by atoms with Crippen LogP contribution in [0.4, 0.5) is 11.4 Å². The van der Waals surface area contributed by atoms with Crippen LogP contribution in [0, 0.1) is 5.92 Å². The second kappa shape index (κ2) is 9.68. The summed E-state index contributed by atoms with van der Waals surface area (Å²) >= 11 is 0. The lowest BCUT2D eigenvalue weighted by Crippen LogP contribution is -2.13. The molecule has 3 heteroatoms. The Morgan fingerprint density at radius 2 is 1.67 bits per heavy atom. The fourth-order valence-electron chi connectivity index (χ4n) is 4.21. The molecule has 2 aromatic rings. The number of nitrogen functional groups attached to an aromatic ring is 2. The molecule has 0 bridgehead atoms. The van der Waals surface area contributed by atoms with Gasteiger partial charge in [-0.1, -0.05) is 50.8 Å². The summed E-state index contributed by atoms with van der Waals surface area (Å²) in [6.07, 6.45) is 11.0. The van der Waals surface area contributed by atoms with Crippen molar-refractivity contribution in [3.8, 4) is 5.75 Å². The maximum atomic E-state index is 6.00. The first-order chi connectivity index (χ1) is 13.2. The van der Waals surface area contributed by atoms with E-state index >= 15 is 0 Å². The highest BCUT2D eigenvalue weighted by Crippen LogP contribution is 2.38. The Labute approximate surface area is 164 Å². The summed E-state index contributed by atoms with van der Waals surface area (Å²) < 4.78 is 5.91. The summed E-state index contributed by atoms with van der Waals surface area (Å²) in [4.78, 5) is 0. The van der Waals surface area contributed by atoms with Crippen LogP contribution in [0.5, 0.6) is 5.75 Å². The van der Waals surface area contributed by atoms with Gasteiger partial charge in [-0.3, -0.25) is 0 Å². The van der Waals surface area contributed by atoms with Crippen molar-refractivity contribution >= 4 is 11.4 Å². The molecule has 1 aliphatic rings. The van der Waals surface area contributed by atoms with Gasteiger partial charge in [-0.2, -0.15) is 0 Å². The van der Waals surface area contributed by atoms with Crippen LogP contribution in [0.1, 0.15) is 75.3 Å². The van der Waals surface area contributed by atoms with Gasteiger partial charge in [-0.15, -0.1) is 0 Å². The molecule has 3 nitrogen and oxygen atoms in total. The molecule has 0 aromatic heterocycles. The standard InChI is InChI=1S/C24H34N2O/c1-2-3-4-5-18-6-8-19(9-7-18)20-11-14-23(15-12-20)27-17-21-10-13-22(25)16-24(21)26/h10-16,18-19H,2-9,17,25-26H2,1H3. The van der Waals surface area contributed by atoms with Gasteiger partial charge in [0.25, 0.3) is 0 Å². The van der Waals surface area contributed by atoms with Gasteiger partial charge >= 0.3 is 0 Å². The predicted molar refractivity (Wildman–Crippen MR) is 115 cm³/mol. The molecule has 0 unspecified atom stereocenters. The maximum Gasteiger partial charge on any atom is 0.119 e. The maximum absolute atomic E-state index is 6.00. The highest BCUT2D eigenvalue weighted by atomic mass is 16.5. The molecule has 0 aliphatic heterocycles. The number of unbranched alkanes of at least 4 members (excludes halogenated alkanes) is 2. The average molecular weight is 367 g/mol. The minimum absolute atomic E-state index is 0.467. The van der Waals surface area contributed by atoms with Gasteiger partial charge in [0.15, 0.2) is 0 Å². The van der Waals surface area contributed by atoms with E-state index in [1.54, 1.807) is 6.07 Å². The van der Waals surface area contributed by atoms with Crippen molar-refractivity contribution in [3.05, 3.63) is 53.6 Å². The molecular formula is C24H34N2O. The SMILES string of the molecule is CCCCCC1CCC(c2ccc(OCc3ccc(N)cc3N)cc2)CC1. The molecular weight excluding hydrogens is 332 g/mol. The highest BCUT2D eigenvalue weighted by molar-refractivity contribution is 5.56. The van der Waals surface area contributed by atoms with Crippen molar-refractivity contribution in [1.29, 1.82) is 0 Å². The van der Waals surface area contributed by atoms with E-state index in [9.17, 15) is 0 Å². The second-order valence-electron chi connectivity index (χ2n) is 8.03. The molecule has 0 atom stereocenters. The number of hydrogen-bond acceptors (Lipinski definition) is 3.